The highest BCUT2D eigenvalue weighted by molar-refractivity contribution is 5.99. The molecular weight excluding hydrogens is 401 g/mol. The topological polar surface area (TPSA) is 90.6 Å². The molecule has 0 radical (unpaired) electrons. The molecule has 2 bridgehead atoms. The molecule has 3 aliphatic rings. The van der Waals surface area contributed by atoms with Gasteiger partial charge in [-0.1, -0.05) is 0 Å². The highest BCUT2D eigenvalue weighted by Gasteiger charge is 2.43. The summed E-state index contributed by atoms with van der Waals surface area (Å²) in [6, 6.07) is 1.50. The van der Waals surface area contributed by atoms with Gasteiger partial charge in [-0.05, 0) is 38.7 Å². The second-order valence-corrected chi connectivity index (χ2v) is 8.63. The van der Waals surface area contributed by atoms with Crippen LogP contribution in [-0.2, 0) is 6.42 Å². The Balaban J connectivity index is 1.56. The summed E-state index contributed by atoms with van der Waals surface area (Å²) in [4.78, 5) is 21.9. The van der Waals surface area contributed by atoms with Crippen molar-refractivity contribution in [2.75, 3.05) is 6.54 Å². The number of rotatable bonds is 0. The fourth-order valence-electron chi connectivity index (χ4n) is 5.12. The molecule has 1 N–H and O–H groups in total. The Morgan fingerprint density at radius 3 is 3.06 bits per heavy atom. The summed E-state index contributed by atoms with van der Waals surface area (Å²) in [5.41, 5.74) is 2.39. The summed E-state index contributed by atoms with van der Waals surface area (Å²) >= 11 is 0. The molecule has 3 aromatic rings. The number of aromatic nitrogens is 4. The van der Waals surface area contributed by atoms with Gasteiger partial charge in [-0.2, -0.15) is 5.10 Å². The third-order valence-electron chi connectivity index (χ3n) is 6.58. The molecule has 9 heteroatoms. The molecule has 0 spiro atoms. The molecular formula is C22H22FN5O3. The fourth-order valence-corrected chi connectivity index (χ4v) is 5.12. The summed E-state index contributed by atoms with van der Waals surface area (Å²) in [5.74, 6) is 0.677. The summed E-state index contributed by atoms with van der Waals surface area (Å²) in [6.07, 6.45) is 7.86. The van der Waals surface area contributed by atoms with Gasteiger partial charge in [-0.3, -0.25) is 4.79 Å². The Morgan fingerprint density at radius 2 is 2.16 bits per heavy atom. The molecule has 5 heterocycles. The Bertz CT molecular complexity index is 1200. The van der Waals surface area contributed by atoms with E-state index in [1.165, 1.54) is 18.5 Å². The zero-order chi connectivity index (χ0) is 21.1. The molecule has 0 aromatic carbocycles. The van der Waals surface area contributed by atoms with E-state index >= 15 is 0 Å². The number of carbonyl (C=O) groups is 1. The van der Waals surface area contributed by atoms with Crippen LogP contribution in [0.5, 0.6) is 11.6 Å². The van der Waals surface area contributed by atoms with Crippen molar-refractivity contribution >= 4 is 11.6 Å². The highest BCUT2D eigenvalue weighted by atomic mass is 19.1. The number of carbonyl (C=O) groups excluding carboxylic acids is 1. The summed E-state index contributed by atoms with van der Waals surface area (Å²) in [6.45, 7) is 2.12. The number of pyridine rings is 1. The first-order valence-corrected chi connectivity index (χ1v) is 10.7. The number of halogens is 1. The lowest BCUT2D eigenvalue weighted by molar-refractivity contribution is 0.0932. The van der Waals surface area contributed by atoms with Gasteiger partial charge in [0, 0.05) is 17.4 Å². The van der Waals surface area contributed by atoms with Crippen molar-refractivity contribution in [2.24, 2.45) is 5.92 Å². The van der Waals surface area contributed by atoms with Gasteiger partial charge in [0.25, 0.3) is 5.91 Å². The second kappa shape index (κ2) is 6.90. The lowest BCUT2D eigenvalue weighted by Gasteiger charge is -2.35. The number of hydrogen-bond donors (Lipinski definition) is 1. The average Bonchev–Trinajstić information content (AvgIpc) is 3.38. The molecule has 1 fully saturated rings. The molecule has 4 atom stereocenters. The monoisotopic (exact) mass is 423 g/mol. The SMILES string of the molecule is C[C@H]1CNC(=O)c2cnn3cc4c(nc23)C(Cc2cc(F)cnc2O1)[C@@H]1CCC[C@H]1O4. The predicted octanol–water partition coefficient (Wildman–Crippen LogP) is 2.66. The van der Waals surface area contributed by atoms with Crippen molar-refractivity contribution < 1.29 is 18.7 Å². The molecule has 6 rings (SSSR count). The van der Waals surface area contributed by atoms with Crippen LogP contribution in [-0.4, -0.2) is 44.2 Å². The van der Waals surface area contributed by atoms with Crippen LogP contribution in [0.4, 0.5) is 4.39 Å². The first kappa shape index (κ1) is 18.5. The third kappa shape index (κ3) is 3.02. The highest BCUT2D eigenvalue weighted by Crippen LogP contribution is 2.48. The molecule has 160 valence electrons. The van der Waals surface area contributed by atoms with Gasteiger partial charge in [0.05, 0.1) is 30.8 Å². The molecule has 8 nitrogen and oxygen atoms in total. The zero-order valence-electron chi connectivity index (χ0n) is 17.0. The van der Waals surface area contributed by atoms with Gasteiger partial charge in [-0.15, -0.1) is 0 Å². The van der Waals surface area contributed by atoms with Crippen LogP contribution in [0.15, 0.2) is 24.7 Å². The summed E-state index contributed by atoms with van der Waals surface area (Å²) in [7, 11) is 0. The lowest BCUT2D eigenvalue weighted by Crippen LogP contribution is -2.34. The number of nitrogens with zero attached hydrogens (tertiary/aromatic N) is 4. The van der Waals surface area contributed by atoms with Crippen LogP contribution in [0.25, 0.3) is 5.65 Å². The van der Waals surface area contributed by atoms with Gasteiger partial charge in [0.15, 0.2) is 11.4 Å². The van der Waals surface area contributed by atoms with E-state index < -0.39 is 5.82 Å². The van der Waals surface area contributed by atoms with E-state index in [9.17, 15) is 9.18 Å². The number of ether oxygens (including phenoxy) is 2. The molecule has 0 saturated heterocycles. The van der Waals surface area contributed by atoms with Gasteiger partial charge in [-0.25, -0.2) is 18.9 Å². The minimum Gasteiger partial charge on any atom is -0.487 e. The molecule has 1 aliphatic carbocycles. The largest absolute Gasteiger partial charge is 0.487 e. The molecule has 2 aliphatic heterocycles. The zero-order valence-corrected chi connectivity index (χ0v) is 17.0. The van der Waals surface area contributed by atoms with Crippen molar-refractivity contribution in [1.82, 2.24) is 24.9 Å². The van der Waals surface area contributed by atoms with E-state index in [2.05, 4.69) is 15.4 Å². The maximum absolute atomic E-state index is 14.2. The van der Waals surface area contributed by atoms with Crippen LogP contribution < -0.4 is 14.8 Å². The van der Waals surface area contributed by atoms with Gasteiger partial charge >= 0.3 is 0 Å². The molecule has 1 unspecified atom stereocenters. The molecule has 31 heavy (non-hydrogen) atoms. The van der Waals surface area contributed by atoms with Crippen molar-refractivity contribution in [3.63, 3.8) is 0 Å². The van der Waals surface area contributed by atoms with Gasteiger partial charge in [0.2, 0.25) is 5.88 Å². The molecule has 3 aromatic heterocycles. The lowest BCUT2D eigenvalue weighted by atomic mass is 9.80. The van der Waals surface area contributed by atoms with E-state index in [4.69, 9.17) is 14.5 Å². The van der Waals surface area contributed by atoms with Crippen LogP contribution in [0.3, 0.4) is 0 Å². The van der Waals surface area contributed by atoms with Crippen molar-refractivity contribution in [3.8, 4) is 11.6 Å². The van der Waals surface area contributed by atoms with Crippen LogP contribution >= 0.6 is 0 Å². The fraction of sp³-hybridized carbons (Fsp3) is 0.455. The third-order valence-corrected chi connectivity index (χ3v) is 6.58. The number of amides is 1. The van der Waals surface area contributed by atoms with Crippen molar-refractivity contribution in [3.05, 3.63) is 47.3 Å². The van der Waals surface area contributed by atoms with Crippen LogP contribution in [0.2, 0.25) is 0 Å². The van der Waals surface area contributed by atoms with E-state index in [1.54, 1.807) is 10.7 Å². The Morgan fingerprint density at radius 1 is 1.26 bits per heavy atom. The smallest absolute Gasteiger partial charge is 0.256 e. The van der Waals surface area contributed by atoms with Gasteiger partial charge in [0.1, 0.15) is 23.6 Å². The second-order valence-electron chi connectivity index (χ2n) is 8.63. The van der Waals surface area contributed by atoms with Crippen LogP contribution in [0, 0.1) is 11.7 Å². The Hall–Kier alpha value is -3.23. The number of nitrogens with one attached hydrogen (secondary N) is 1. The summed E-state index contributed by atoms with van der Waals surface area (Å²) in [5, 5.41) is 7.18. The van der Waals surface area contributed by atoms with E-state index in [-0.39, 0.29) is 36.5 Å². The molecule has 1 saturated carbocycles. The van der Waals surface area contributed by atoms with Crippen molar-refractivity contribution in [1.29, 1.82) is 0 Å². The van der Waals surface area contributed by atoms with E-state index in [1.807, 2.05) is 6.92 Å². The van der Waals surface area contributed by atoms with Crippen LogP contribution in [0.1, 0.15) is 53.7 Å². The standard InChI is InChI=1S/C22H22FN5O3/c1-11-7-24-21(29)16-9-26-28-10-18-19(27-20(16)28)15(14-3-2-4-17(14)31-18)6-12-5-13(23)8-25-22(12)30-11/h5,8-11,14-15,17H,2-4,6-7H2,1H3,(H,24,29)/t11-,14-,15?,17+/m0/s1. The van der Waals surface area contributed by atoms with Gasteiger partial charge < -0.3 is 14.8 Å². The quantitative estimate of drug-likeness (QED) is 0.598. The maximum atomic E-state index is 14.2. The number of hydrogen-bond acceptors (Lipinski definition) is 6. The Kier molecular flexibility index (Phi) is 4.12. The molecule has 1 amide bonds. The minimum atomic E-state index is -0.399. The maximum Gasteiger partial charge on any atom is 0.256 e. The average molecular weight is 423 g/mol. The van der Waals surface area contributed by atoms with E-state index in [0.29, 0.717) is 34.8 Å². The minimum absolute atomic E-state index is 0.00840. The normalized spacial score (nSPS) is 27.2. The van der Waals surface area contributed by atoms with Crippen molar-refractivity contribution in [2.45, 2.75) is 50.7 Å². The summed E-state index contributed by atoms with van der Waals surface area (Å²) < 4.78 is 28.0. The first-order chi connectivity index (χ1) is 15.1. The first-order valence-electron chi connectivity index (χ1n) is 10.7. The Labute approximate surface area is 177 Å². The number of fused-ring (bicyclic) bond motifs is 3. The predicted molar refractivity (Wildman–Crippen MR) is 108 cm³/mol. The van der Waals surface area contributed by atoms with E-state index in [0.717, 1.165) is 25.0 Å².